The molecule has 0 aromatic heterocycles. The number of hydrogen-bond acceptors (Lipinski definition) is 3. The number of nitrogens with one attached hydrogen (secondary N) is 1. The molecule has 0 spiro atoms. The molecule has 110 valence electrons. The second-order valence-corrected chi connectivity index (χ2v) is 6.25. The van der Waals surface area contributed by atoms with Crippen molar-refractivity contribution >= 4 is 27.3 Å². The summed E-state index contributed by atoms with van der Waals surface area (Å²) in [6.07, 6.45) is 0. The van der Waals surface area contributed by atoms with E-state index in [0.29, 0.717) is 6.04 Å². The molecular weight excluding hydrogens is 328 g/mol. The smallest absolute Gasteiger partial charge is 0.123 e. The van der Waals surface area contributed by atoms with Crippen LogP contribution in [0.1, 0.15) is 12.5 Å². The van der Waals surface area contributed by atoms with Crippen LogP contribution in [-0.2, 0) is 6.54 Å². The van der Waals surface area contributed by atoms with Crippen LogP contribution >= 0.6 is 15.9 Å². The minimum Gasteiger partial charge on any atom is -0.496 e. The highest BCUT2D eigenvalue weighted by Crippen LogP contribution is 2.34. The fraction of sp³-hybridized carbons (Fsp3) is 0.294. The number of ether oxygens (including phenoxy) is 1. The summed E-state index contributed by atoms with van der Waals surface area (Å²) in [6, 6.07) is 15.0. The van der Waals surface area contributed by atoms with Gasteiger partial charge in [-0.3, -0.25) is 0 Å². The Bertz CT molecular complexity index is 644. The molecule has 2 aromatic carbocycles. The molecule has 1 atom stereocenters. The molecular formula is C17H19BrN2O. The Morgan fingerprint density at radius 3 is 2.90 bits per heavy atom. The molecule has 1 aliphatic heterocycles. The van der Waals surface area contributed by atoms with Crippen LogP contribution in [0.25, 0.3) is 0 Å². The van der Waals surface area contributed by atoms with Gasteiger partial charge in [0, 0.05) is 29.2 Å². The summed E-state index contributed by atoms with van der Waals surface area (Å²) in [5, 5.41) is 3.49. The van der Waals surface area contributed by atoms with Crippen LogP contribution in [0.3, 0.4) is 0 Å². The number of rotatable bonds is 3. The van der Waals surface area contributed by atoms with E-state index in [0.717, 1.165) is 23.3 Å². The second kappa shape index (κ2) is 5.98. The quantitative estimate of drug-likeness (QED) is 0.897. The number of fused-ring (bicyclic) bond motifs is 1. The van der Waals surface area contributed by atoms with Gasteiger partial charge in [0.05, 0.1) is 18.5 Å². The van der Waals surface area contributed by atoms with Crippen LogP contribution in [0.15, 0.2) is 46.9 Å². The molecule has 0 aliphatic carbocycles. The van der Waals surface area contributed by atoms with E-state index in [9.17, 15) is 0 Å². The second-order valence-electron chi connectivity index (χ2n) is 5.33. The van der Waals surface area contributed by atoms with Gasteiger partial charge in [-0.25, -0.2) is 0 Å². The summed E-state index contributed by atoms with van der Waals surface area (Å²) in [6.45, 7) is 4.03. The van der Waals surface area contributed by atoms with Gasteiger partial charge in [0.25, 0.3) is 0 Å². The highest BCUT2D eigenvalue weighted by atomic mass is 79.9. The van der Waals surface area contributed by atoms with Crippen molar-refractivity contribution in [1.82, 2.24) is 0 Å². The molecule has 0 saturated carbocycles. The molecule has 1 unspecified atom stereocenters. The van der Waals surface area contributed by atoms with E-state index in [1.165, 1.54) is 16.9 Å². The first kappa shape index (κ1) is 14.3. The van der Waals surface area contributed by atoms with Gasteiger partial charge >= 0.3 is 0 Å². The van der Waals surface area contributed by atoms with Crippen molar-refractivity contribution in [2.45, 2.75) is 19.5 Å². The highest BCUT2D eigenvalue weighted by Gasteiger charge is 2.23. The molecule has 1 N–H and O–H groups in total. The lowest BCUT2D eigenvalue weighted by Gasteiger charge is -2.38. The zero-order valence-corrected chi connectivity index (χ0v) is 13.9. The van der Waals surface area contributed by atoms with E-state index in [1.807, 2.05) is 12.1 Å². The first-order chi connectivity index (χ1) is 10.2. The van der Waals surface area contributed by atoms with Crippen LogP contribution in [0.5, 0.6) is 5.75 Å². The molecule has 1 heterocycles. The van der Waals surface area contributed by atoms with Gasteiger partial charge in [0.2, 0.25) is 0 Å². The van der Waals surface area contributed by atoms with E-state index in [2.05, 4.69) is 63.4 Å². The number of halogens is 1. The predicted octanol–water partition coefficient (Wildman–Crippen LogP) is 4.28. The van der Waals surface area contributed by atoms with E-state index >= 15 is 0 Å². The fourth-order valence-corrected chi connectivity index (χ4v) is 3.18. The molecule has 0 amide bonds. The molecule has 0 saturated heterocycles. The van der Waals surface area contributed by atoms with Crippen molar-refractivity contribution in [3.05, 3.63) is 52.5 Å². The van der Waals surface area contributed by atoms with Gasteiger partial charge in [-0.15, -0.1) is 0 Å². The van der Waals surface area contributed by atoms with Crippen LogP contribution in [-0.4, -0.2) is 19.7 Å². The third-order valence-corrected chi connectivity index (χ3v) is 4.41. The van der Waals surface area contributed by atoms with Crippen molar-refractivity contribution in [3.63, 3.8) is 0 Å². The molecule has 0 fully saturated rings. The summed E-state index contributed by atoms with van der Waals surface area (Å²) < 4.78 is 6.58. The molecule has 21 heavy (non-hydrogen) atoms. The Kier molecular flexibility index (Phi) is 4.06. The van der Waals surface area contributed by atoms with Crippen molar-refractivity contribution in [3.8, 4) is 5.75 Å². The molecule has 2 aromatic rings. The number of anilines is 2. The molecule has 3 rings (SSSR count). The zero-order valence-electron chi connectivity index (χ0n) is 12.3. The predicted molar refractivity (Wildman–Crippen MR) is 91.3 cm³/mol. The summed E-state index contributed by atoms with van der Waals surface area (Å²) in [7, 11) is 1.72. The Morgan fingerprint density at radius 1 is 1.29 bits per heavy atom. The fourth-order valence-electron chi connectivity index (χ4n) is 2.77. The number of hydrogen-bond donors (Lipinski definition) is 1. The number of methoxy groups -OCH3 is 1. The van der Waals surface area contributed by atoms with Crippen molar-refractivity contribution in [1.29, 1.82) is 0 Å². The van der Waals surface area contributed by atoms with E-state index < -0.39 is 0 Å². The third kappa shape index (κ3) is 2.86. The van der Waals surface area contributed by atoms with Crippen LogP contribution in [0, 0.1) is 0 Å². The minimum atomic E-state index is 0.434. The van der Waals surface area contributed by atoms with Gasteiger partial charge in [-0.2, -0.15) is 0 Å². The van der Waals surface area contributed by atoms with Crippen LogP contribution in [0.2, 0.25) is 0 Å². The molecule has 0 radical (unpaired) electrons. The Balaban J connectivity index is 1.96. The monoisotopic (exact) mass is 346 g/mol. The summed E-state index contributed by atoms with van der Waals surface area (Å²) in [4.78, 5) is 2.43. The van der Waals surface area contributed by atoms with E-state index in [1.54, 1.807) is 7.11 Å². The molecule has 1 aliphatic rings. The maximum atomic E-state index is 5.50. The molecule has 3 nitrogen and oxygen atoms in total. The third-order valence-electron chi connectivity index (χ3n) is 3.92. The van der Waals surface area contributed by atoms with E-state index in [4.69, 9.17) is 4.74 Å². The normalized spacial score (nSPS) is 17.1. The van der Waals surface area contributed by atoms with Gasteiger partial charge in [0.1, 0.15) is 5.75 Å². The maximum Gasteiger partial charge on any atom is 0.123 e. The average molecular weight is 347 g/mol. The molecule has 4 heteroatoms. The van der Waals surface area contributed by atoms with Crippen LogP contribution < -0.4 is 15.0 Å². The van der Waals surface area contributed by atoms with Gasteiger partial charge in [-0.05, 0) is 37.3 Å². The first-order valence-corrected chi connectivity index (χ1v) is 7.90. The maximum absolute atomic E-state index is 5.50. The Morgan fingerprint density at radius 2 is 2.10 bits per heavy atom. The van der Waals surface area contributed by atoms with Crippen LogP contribution in [0.4, 0.5) is 11.4 Å². The largest absolute Gasteiger partial charge is 0.496 e. The lowest BCUT2D eigenvalue weighted by molar-refractivity contribution is 0.408. The number of para-hydroxylation sites is 2. The number of nitrogens with zero attached hydrogens (tertiary/aromatic N) is 1. The summed E-state index contributed by atoms with van der Waals surface area (Å²) >= 11 is 3.55. The minimum absolute atomic E-state index is 0.434. The Hall–Kier alpha value is -1.68. The van der Waals surface area contributed by atoms with Gasteiger partial charge < -0.3 is 15.0 Å². The number of benzene rings is 2. The first-order valence-electron chi connectivity index (χ1n) is 7.11. The zero-order chi connectivity index (χ0) is 14.8. The highest BCUT2D eigenvalue weighted by molar-refractivity contribution is 9.10. The van der Waals surface area contributed by atoms with Crippen molar-refractivity contribution < 1.29 is 4.74 Å². The lowest BCUT2D eigenvalue weighted by Crippen LogP contribution is -2.41. The summed E-state index contributed by atoms with van der Waals surface area (Å²) in [5.74, 6) is 0.932. The summed E-state index contributed by atoms with van der Waals surface area (Å²) in [5.41, 5.74) is 3.64. The lowest BCUT2D eigenvalue weighted by atomic mass is 10.1. The topological polar surface area (TPSA) is 24.5 Å². The SMILES string of the molecule is COc1ccc(Br)cc1CN1c2ccccc2NCC1C. The van der Waals surface area contributed by atoms with Crippen molar-refractivity contribution in [2.75, 3.05) is 23.9 Å². The van der Waals surface area contributed by atoms with Gasteiger partial charge in [-0.1, -0.05) is 28.1 Å². The van der Waals surface area contributed by atoms with Gasteiger partial charge in [0.15, 0.2) is 0 Å². The van der Waals surface area contributed by atoms with Crippen molar-refractivity contribution in [2.24, 2.45) is 0 Å². The molecule has 0 bridgehead atoms. The standard InChI is InChI=1S/C17H19BrN2O/c1-12-10-19-15-5-3-4-6-16(15)20(12)11-13-9-14(18)7-8-17(13)21-2/h3-9,12,19H,10-11H2,1-2H3. The van der Waals surface area contributed by atoms with E-state index in [-0.39, 0.29) is 0 Å². The average Bonchev–Trinajstić information content (AvgIpc) is 2.50. The Labute approximate surface area is 134 Å².